The number of thioether (sulfide) groups is 1. The van der Waals surface area contributed by atoms with Crippen molar-refractivity contribution in [2.75, 3.05) is 19.4 Å². The fourth-order valence-electron chi connectivity index (χ4n) is 2.19. The van der Waals surface area contributed by atoms with Crippen LogP contribution < -0.4 is 10.1 Å². The second-order valence-electron chi connectivity index (χ2n) is 5.03. The smallest absolute Gasteiger partial charge is 0.230 e. The van der Waals surface area contributed by atoms with Crippen LogP contribution in [0.4, 0.5) is 4.39 Å². The number of carbonyl (C=O) groups excluding carboxylic acids is 1. The van der Waals surface area contributed by atoms with Crippen molar-refractivity contribution in [3.05, 3.63) is 65.5 Å². The first-order chi connectivity index (χ1) is 11.2. The lowest BCUT2D eigenvalue weighted by Gasteiger charge is -2.09. The van der Waals surface area contributed by atoms with Crippen LogP contribution in [0.15, 0.2) is 48.5 Å². The van der Waals surface area contributed by atoms with Gasteiger partial charge in [-0.2, -0.15) is 0 Å². The molecule has 0 saturated heterocycles. The fourth-order valence-corrected chi connectivity index (χ4v) is 2.99. The monoisotopic (exact) mass is 333 g/mol. The second-order valence-corrected chi connectivity index (χ2v) is 6.02. The first kappa shape index (κ1) is 17.3. The summed E-state index contributed by atoms with van der Waals surface area (Å²) in [7, 11) is 1.64. The van der Waals surface area contributed by atoms with Crippen molar-refractivity contribution in [3.63, 3.8) is 0 Å². The maximum absolute atomic E-state index is 13.0. The molecule has 3 nitrogen and oxygen atoms in total. The van der Waals surface area contributed by atoms with E-state index in [4.69, 9.17) is 4.74 Å². The number of ether oxygens (including phenoxy) is 1. The molecule has 0 aliphatic rings. The van der Waals surface area contributed by atoms with E-state index >= 15 is 0 Å². The molecule has 0 unspecified atom stereocenters. The summed E-state index contributed by atoms with van der Waals surface area (Å²) in [5, 5.41) is 2.89. The summed E-state index contributed by atoms with van der Waals surface area (Å²) in [6.45, 7) is 0.569. The van der Waals surface area contributed by atoms with Gasteiger partial charge in [-0.25, -0.2) is 4.39 Å². The Balaban J connectivity index is 1.67. The third-order valence-electron chi connectivity index (χ3n) is 3.30. The molecule has 0 aliphatic carbocycles. The SMILES string of the molecule is COc1ccccc1CCNC(=O)CSCc1cccc(F)c1. The van der Waals surface area contributed by atoms with Gasteiger partial charge < -0.3 is 10.1 Å². The molecule has 1 amide bonds. The van der Waals surface area contributed by atoms with Crippen LogP contribution in [-0.2, 0) is 17.0 Å². The predicted octanol–water partition coefficient (Wildman–Crippen LogP) is 3.43. The Morgan fingerprint density at radius 2 is 2.04 bits per heavy atom. The fraction of sp³-hybridized carbons (Fsp3) is 0.278. The zero-order valence-electron chi connectivity index (χ0n) is 13.0. The van der Waals surface area contributed by atoms with Gasteiger partial charge >= 0.3 is 0 Å². The van der Waals surface area contributed by atoms with Gasteiger partial charge in [-0.15, -0.1) is 11.8 Å². The number of halogens is 1. The molecule has 1 N–H and O–H groups in total. The highest BCUT2D eigenvalue weighted by atomic mass is 32.2. The Labute approximate surface area is 140 Å². The molecule has 23 heavy (non-hydrogen) atoms. The average Bonchev–Trinajstić information content (AvgIpc) is 2.55. The topological polar surface area (TPSA) is 38.3 Å². The summed E-state index contributed by atoms with van der Waals surface area (Å²) < 4.78 is 18.3. The molecule has 0 fully saturated rings. The van der Waals surface area contributed by atoms with Crippen molar-refractivity contribution < 1.29 is 13.9 Å². The predicted molar refractivity (Wildman–Crippen MR) is 92.3 cm³/mol. The van der Waals surface area contributed by atoms with Gasteiger partial charge in [0.15, 0.2) is 0 Å². The number of methoxy groups -OCH3 is 1. The minimum absolute atomic E-state index is 0.0127. The van der Waals surface area contributed by atoms with E-state index < -0.39 is 0 Å². The molecule has 5 heteroatoms. The number of rotatable bonds is 8. The van der Waals surface area contributed by atoms with Gasteiger partial charge in [0, 0.05) is 12.3 Å². The Bertz CT molecular complexity index is 648. The largest absolute Gasteiger partial charge is 0.496 e. The number of benzene rings is 2. The van der Waals surface area contributed by atoms with Crippen molar-refractivity contribution in [2.24, 2.45) is 0 Å². The minimum atomic E-state index is -0.246. The number of para-hydroxylation sites is 1. The zero-order valence-corrected chi connectivity index (χ0v) is 13.9. The number of carbonyl (C=O) groups is 1. The molecule has 0 aliphatic heterocycles. The third-order valence-corrected chi connectivity index (χ3v) is 4.30. The molecule has 0 bridgehead atoms. The quantitative estimate of drug-likeness (QED) is 0.804. The van der Waals surface area contributed by atoms with Crippen LogP contribution in [0.3, 0.4) is 0 Å². The van der Waals surface area contributed by atoms with Crippen molar-refractivity contribution in [2.45, 2.75) is 12.2 Å². The Morgan fingerprint density at radius 3 is 2.83 bits per heavy atom. The molecule has 0 atom stereocenters. The van der Waals surface area contributed by atoms with Crippen LogP contribution in [0.5, 0.6) is 5.75 Å². The molecule has 0 heterocycles. The minimum Gasteiger partial charge on any atom is -0.496 e. The molecule has 2 aromatic carbocycles. The number of hydrogen-bond donors (Lipinski definition) is 1. The summed E-state index contributed by atoms with van der Waals surface area (Å²) >= 11 is 1.47. The highest BCUT2D eigenvalue weighted by Crippen LogP contribution is 2.17. The maximum atomic E-state index is 13.0. The van der Waals surface area contributed by atoms with Crippen molar-refractivity contribution in [1.29, 1.82) is 0 Å². The number of nitrogens with one attached hydrogen (secondary N) is 1. The van der Waals surface area contributed by atoms with E-state index in [1.807, 2.05) is 30.3 Å². The lowest BCUT2D eigenvalue weighted by Crippen LogP contribution is -2.27. The normalized spacial score (nSPS) is 10.3. The molecule has 0 radical (unpaired) electrons. The van der Waals surface area contributed by atoms with Crippen molar-refractivity contribution >= 4 is 17.7 Å². The zero-order chi connectivity index (χ0) is 16.5. The van der Waals surface area contributed by atoms with E-state index in [-0.39, 0.29) is 11.7 Å². The van der Waals surface area contributed by atoms with Crippen LogP contribution in [0.25, 0.3) is 0 Å². The highest BCUT2D eigenvalue weighted by Gasteiger charge is 2.05. The first-order valence-electron chi connectivity index (χ1n) is 7.40. The summed E-state index contributed by atoms with van der Waals surface area (Å²) in [6.07, 6.45) is 0.727. The van der Waals surface area contributed by atoms with Gasteiger partial charge in [0.25, 0.3) is 0 Å². The maximum Gasteiger partial charge on any atom is 0.230 e. The second kappa shape index (κ2) is 9.20. The highest BCUT2D eigenvalue weighted by molar-refractivity contribution is 7.99. The Morgan fingerprint density at radius 1 is 1.22 bits per heavy atom. The molecule has 0 saturated carbocycles. The molecule has 122 valence electrons. The van der Waals surface area contributed by atoms with Gasteiger partial charge in [-0.05, 0) is 35.7 Å². The average molecular weight is 333 g/mol. The summed E-state index contributed by atoms with van der Waals surface area (Å²) in [5.74, 6) is 1.56. The summed E-state index contributed by atoms with van der Waals surface area (Å²) in [4.78, 5) is 11.8. The van der Waals surface area contributed by atoms with Crippen LogP contribution in [-0.4, -0.2) is 25.3 Å². The van der Waals surface area contributed by atoms with Crippen molar-refractivity contribution in [1.82, 2.24) is 5.32 Å². The Kier molecular flexibility index (Phi) is 6.94. The molecule has 2 aromatic rings. The Hall–Kier alpha value is -2.01. The summed E-state index contributed by atoms with van der Waals surface area (Å²) in [6, 6.07) is 14.2. The van der Waals surface area contributed by atoms with E-state index in [1.165, 1.54) is 23.9 Å². The van der Waals surface area contributed by atoms with Crippen LogP contribution >= 0.6 is 11.8 Å². The van der Waals surface area contributed by atoms with Crippen molar-refractivity contribution in [3.8, 4) is 5.75 Å². The van der Waals surface area contributed by atoms with E-state index in [0.717, 1.165) is 23.3 Å². The van der Waals surface area contributed by atoms with Crippen LogP contribution in [0.1, 0.15) is 11.1 Å². The van der Waals surface area contributed by atoms with Crippen LogP contribution in [0.2, 0.25) is 0 Å². The van der Waals surface area contributed by atoms with Gasteiger partial charge in [0.05, 0.1) is 12.9 Å². The first-order valence-corrected chi connectivity index (χ1v) is 8.55. The van der Waals surface area contributed by atoms with E-state index in [9.17, 15) is 9.18 Å². The van der Waals surface area contributed by atoms with Gasteiger partial charge in [-0.3, -0.25) is 4.79 Å². The van der Waals surface area contributed by atoms with Gasteiger partial charge in [-0.1, -0.05) is 30.3 Å². The standard InChI is InChI=1S/C18H20FNO2S/c1-22-17-8-3-2-6-15(17)9-10-20-18(21)13-23-12-14-5-4-7-16(19)11-14/h2-8,11H,9-10,12-13H2,1H3,(H,20,21). The van der Waals surface area contributed by atoms with E-state index in [1.54, 1.807) is 13.2 Å². The van der Waals surface area contributed by atoms with Gasteiger partial charge in [0.2, 0.25) is 5.91 Å². The molecular weight excluding hydrogens is 313 g/mol. The molecule has 0 spiro atoms. The lowest BCUT2D eigenvalue weighted by molar-refractivity contribution is -0.118. The molecular formula is C18H20FNO2S. The van der Waals surface area contributed by atoms with E-state index in [2.05, 4.69) is 5.32 Å². The van der Waals surface area contributed by atoms with Gasteiger partial charge in [0.1, 0.15) is 11.6 Å². The van der Waals surface area contributed by atoms with E-state index in [0.29, 0.717) is 18.1 Å². The number of hydrogen-bond acceptors (Lipinski definition) is 3. The number of amides is 1. The molecule has 0 aromatic heterocycles. The third kappa shape index (κ3) is 5.94. The lowest BCUT2D eigenvalue weighted by atomic mass is 10.1. The molecule has 2 rings (SSSR count). The van der Waals surface area contributed by atoms with Crippen LogP contribution in [0, 0.1) is 5.82 Å². The summed E-state index contributed by atoms with van der Waals surface area (Å²) in [5.41, 5.74) is 1.96.